The van der Waals surface area contributed by atoms with Gasteiger partial charge < -0.3 is 15.5 Å². The maximum atomic E-state index is 12.6. The third-order valence-electron chi connectivity index (χ3n) is 4.26. The average molecular weight is 368 g/mol. The summed E-state index contributed by atoms with van der Waals surface area (Å²) in [5.41, 5.74) is 1.72. The molecule has 3 N–H and O–H groups in total. The van der Waals surface area contributed by atoms with Crippen LogP contribution in [0.25, 0.3) is 10.9 Å². The van der Waals surface area contributed by atoms with Gasteiger partial charge in [0.15, 0.2) is 0 Å². The highest BCUT2D eigenvalue weighted by Gasteiger charge is 2.23. The molecule has 3 aromatic rings. The fraction of sp³-hybridized carbons (Fsp3) is 0.350. The largest absolute Gasteiger partial charge is 0.396 e. The second-order valence-electron chi connectivity index (χ2n) is 7.10. The Morgan fingerprint density at radius 3 is 2.74 bits per heavy atom. The summed E-state index contributed by atoms with van der Waals surface area (Å²) in [4.78, 5) is 16.9. The minimum absolute atomic E-state index is 0.0932. The van der Waals surface area contributed by atoms with E-state index in [1.165, 1.54) is 0 Å². The van der Waals surface area contributed by atoms with Gasteiger partial charge in [0.25, 0.3) is 5.91 Å². The van der Waals surface area contributed by atoms with Gasteiger partial charge in [-0.05, 0) is 51.5 Å². The number of aliphatic hydroxyl groups is 2. The van der Waals surface area contributed by atoms with Gasteiger partial charge in [0.05, 0.1) is 11.1 Å². The number of nitrogens with zero attached hydrogens (tertiary/aromatic N) is 3. The summed E-state index contributed by atoms with van der Waals surface area (Å²) in [6.07, 6.45) is 2.47. The average Bonchev–Trinajstić information content (AvgIpc) is 3.00. The summed E-state index contributed by atoms with van der Waals surface area (Å²) in [6.45, 7) is 5.84. The Bertz CT molecular complexity index is 973. The van der Waals surface area contributed by atoms with E-state index >= 15 is 0 Å². The molecule has 3 rings (SSSR count). The Kier molecular flexibility index (Phi) is 5.25. The van der Waals surface area contributed by atoms with Crippen LogP contribution in [0.2, 0.25) is 0 Å². The van der Waals surface area contributed by atoms with Crippen molar-refractivity contribution in [3.05, 3.63) is 53.5 Å². The molecule has 0 unspecified atom stereocenters. The van der Waals surface area contributed by atoms with Gasteiger partial charge in [-0.2, -0.15) is 5.10 Å². The van der Waals surface area contributed by atoms with Gasteiger partial charge in [-0.15, -0.1) is 0 Å². The zero-order chi connectivity index (χ0) is 19.6. The summed E-state index contributed by atoms with van der Waals surface area (Å²) in [6, 6.07) is 8.84. The Labute approximate surface area is 157 Å². The van der Waals surface area contributed by atoms with E-state index in [-0.39, 0.29) is 12.5 Å². The number of amides is 1. The fourth-order valence-electron chi connectivity index (χ4n) is 2.94. The highest BCUT2D eigenvalue weighted by molar-refractivity contribution is 6.04. The molecule has 0 aliphatic carbocycles. The summed E-state index contributed by atoms with van der Waals surface area (Å²) in [5, 5.41) is 27.8. The highest BCUT2D eigenvalue weighted by Crippen LogP contribution is 2.32. The first-order valence-electron chi connectivity index (χ1n) is 8.88. The van der Waals surface area contributed by atoms with E-state index in [2.05, 4.69) is 15.4 Å². The first-order valence-corrected chi connectivity index (χ1v) is 8.88. The van der Waals surface area contributed by atoms with E-state index in [4.69, 9.17) is 5.11 Å². The Hall–Kier alpha value is -2.77. The number of nitrogens with one attached hydrogen (secondary N) is 1. The number of anilines is 1. The number of hydrogen-bond donors (Lipinski definition) is 3. The van der Waals surface area contributed by atoms with Crippen LogP contribution >= 0.6 is 0 Å². The van der Waals surface area contributed by atoms with Crippen LogP contribution in [0.5, 0.6) is 0 Å². The van der Waals surface area contributed by atoms with Gasteiger partial charge >= 0.3 is 0 Å². The molecule has 0 atom stereocenters. The normalized spacial score (nSPS) is 11.7. The molecule has 142 valence electrons. The van der Waals surface area contributed by atoms with Crippen LogP contribution in [0.4, 0.5) is 5.69 Å². The molecule has 0 aliphatic heterocycles. The molecule has 7 heteroatoms. The van der Waals surface area contributed by atoms with Crippen LogP contribution < -0.4 is 5.32 Å². The lowest BCUT2D eigenvalue weighted by atomic mass is 9.95. The molecule has 2 heterocycles. The third kappa shape index (κ3) is 4.32. The molecule has 0 saturated heterocycles. The van der Waals surface area contributed by atoms with Crippen LogP contribution in [0.1, 0.15) is 42.0 Å². The van der Waals surface area contributed by atoms with Crippen LogP contribution in [0.15, 0.2) is 36.5 Å². The molecule has 1 amide bonds. The quantitative estimate of drug-likeness (QED) is 0.621. The Balaban J connectivity index is 2.00. The lowest BCUT2D eigenvalue weighted by Crippen LogP contribution is -2.21. The summed E-state index contributed by atoms with van der Waals surface area (Å²) < 4.78 is 1.75. The van der Waals surface area contributed by atoms with E-state index < -0.39 is 5.60 Å². The summed E-state index contributed by atoms with van der Waals surface area (Å²) in [7, 11) is 0. The molecular formula is C20H24N4O3. The molecule has 0 fully saturated rings. The van der Waals surface area contributed by atoms with Crippen molar-refractivity contribution in [2.75, 3.05) is 11.9 Å². The number of aliphatic hydroxyl groups excluding tert-OH is 1. The number of aryl methyl sites for hydroxylation is 2. The van der Waals surface area contributed by atoms with E-state index in [1.807, 2.05) is 19.2 Å². The van der Waals surface area contributed by atoms with E-state index in [0.29, 0.717) is 29.9 Å². The van der Waals surface area contributed by atoms with Gasteiger partial charge in [0.1, 0.15) is 5.69 Å². The molecule has 0 aliphatic rings. The number of benzene rings is 1. The van der Waals surface area contributed by atoms with E-state index in [1.54, 1.807) is 42.8 Å². The molecular weight excluding hydrogens is 344 g/mol. The molecule has 0 spiro atoms. The van der Waals surface area contributed by atoms with Crippen molar-refractivity contribution in [1.29, 1.82) is 0 Å². The first-order chi connectivity index (χ1) is 12.8. The zero-order valence-corrected chi connectivity index (χ0v) is 15.7. The van der Waals surface area contributed by atoms with Gasteiger partial charge in [0.2, 0.25) is 0 Å². The number of hydrogen-bond acceptors (Lipinski definition) is 5. The maximum absolute atomic E-state index is 12.6. The summed E-state index contributed by atoms with van der Waals surface area (Å²) in [5.74, 6) is -0.337. The Morgan fingerprint density at radius 2 is 2.07 bits per heavy atom. The second-order valence-corrected chi connectivity index (χ2v) is 7.10. The third-order valence-corrected chi connectivity index (χ3v) is 4.26. The van der Waals surface area contributed by atoms with Crippen molar-refractivity contribution in [2.24, 2.45) is 0 Å². The van der Waals surface area contributed by atoms with Gasteiger partial charge in [-0.25, -0.2) is 4.98 Å². The van der Waals surface area contributed by atoms with Gasteiger partial charge in [-0.3, -0.25) is 9.48 Å². The number of fused-ring (bicyclic) bond motifs is 1. The van der Waals surface area contributed by atoms with Crippen molar-refractivity contribution in [1.82, 2.24) is 14.8 Å². The monoisotopic (exact) mass is 368 g/mol. The van der Waals surface area contributed by atoms with Crippen molar-refractivity contribution in [2.45, 2.75) is 39.3 Å². The molecule has 2 aromatic heterocycles. The molecule has 1 aromatic carbocycles. The second kappa shape index (κ2) is 7.46. The smallest absolute Gasteiger partial charge is 0.274 e. The topological polar surface area (TPSA) is 100 Å². The predicted molar refractivity (Wildman–Crippen MR) is 104 cm³/mol. The molecule has 0 saturated carbocycles. The SMILES string of the molecule is Cc1cccc(C(=O)Nc2cc3cn(CCCO)nc3cc2C(C)(C)O)n1. The Morgan fingerprint density at radius 1 is 1.30 bits per heavy atom. The van der Waals surface area contributed by atoms with Crippen molar-refractivity contribution < 1.29 is 15.0 Å². The molecule has 0 bridgehead atoms. The number of pyridine rings is 1. The number of rotatable bonds is 6. The first kappa shape index (κ1) is 19.0. The number of carbonyl (C=O) groups is 1. The predicted octanol–water partition coefficient (Wildman–Crippen LogP) is 2.60. The van der Waals surface area contributed by atoms with Crippen molar-refractivity contribution in [3.63, 3.8) is 0 Å². The molecule has 7 nitrogen and oxygen atoms in total. The van der Waals surface area contributed by atoms with Crippen molar-refractivity contribution in [3.8, 4) is 0 Å². The standard InChI is InChI=1S/C20H24N4O3/c1-13-6-4-7-16(21-13)19(26)22-18-10-14-12-24(8-5-9-25)23-17(14)11-15(18)20(2,3)27/h4,6-7,10-12,25,27H,5,8-9H2,1-3H3,(H,22,26). The number of aromatic nitrogens is 3. The van der Waals surface area contributed by atoms with E-state index in [0.717, 1.165) is 16.6 Å². The molecule has 27 heavy (non-hydrogen) atoms. The van der Waals surface area contributed by atoms with Gasteiger partial charge in [0, 0.05) is 41.7 Å². The number of carbonyl (C=O) groups excluding carboxylic acids is 1. The van der Waals surface area contributed by atoms with Crippen LogP contribution in [0, 0.1) is 6.92 Å². The van der Waals surface area contributed by atoms with Crippen LogP contribution in [-0.2, 0) is 12.1 Å². The lowest BCUT2D eigenvalue weighted by molar-refractivity contribution is 0.0793. The van der Waals surface area contributed by atoms with E-state index in [9.17, 15) is 9.90 Å². The minimum atomic E-state index is -1.16. The highest BCUT2D eigenvalue weighted by atomic mass is 16.3. The van der Waals surface area contributed by atoms with Gasteiger partial charge in [-0.1, -0.05) is 6.07 Å². The lowest BCUT2D eigenvalue weighted by Gasteiger charge is -2.22. The fourth-order valence-corrected chi connectivity index (χ4v) is 2.94. The van der Waals surface area contributed by atoms with Crippen LogP contribution in [0.3, 0.4) is 0 Å². The van der Waals surface area contributed by atoms with Crippen LogP contribution in [-0.4, -0.2) is 37.5 Å². The molecule has 0 radical (unpaired) electrons. The maximum Gasteiger partial charge on any atom is 0.274 e. The van der Waals surface area contributed by atoms with Crippen molar-refractivity contribution >= 4 is 22.5 Å². The zero-order valence-electron chi connectivity index (χ0n) is 15.7. The summed E-state index contributed by atoms with van der Waals surface area (Å²) >= 11 is 0. The minimum Gasteiger partial charge on any atom is -0.396 e.